The number of para-hydroxylation sites is 1. The van der Waals surface area contributed by atoms with Crippen LogP contribution in [0.4, 0.5) is 5.69 Å². The molecular weight excluding hydrogens is 218 g/mol. The quantitative estimate of drug-likeness (QED) is 0.839. The Bertz CT molecular complexity index is 273. The number of aliphatic hydroxyl groups excluding tert-OH is 1. The number of nitrogens with zero attached hydrogens (tertiary/aromatic N) is 1. The second-order valence-corrected chi connectivity index (χ2v) is 3.65. The lowest BCUT2D eigenvalue weighted by molar-refractivity contribution is 0.282. The molecule has 0 radical (unpaired) electrons. The number of anilines is 1. The van der Waals surface area contributed by atoms with Gasteiger partial charge < -0.3 is 10.0 Å². The molecule has 0 aliphatic heterocycles. The molecule has 0 aliphatic carbocycles. The molecule has 0 atom stereocenters. The Labute approximate surface area is 80.9 Å². The van der Waals surface area contributed by atoms with E-state index < -0.39 is 0 Å². The predicted molar refractivity (Wildman–Crippen MR) is 54.4 cm³/mol. The van der Waals surface area contributed by atoms with Gasteiger partial charge in [-0.2, -0.15) is 0 Å². The van der Waals surface area contributed by atoms with Crippen LogP contribution in [0.5, 0.6) is 0 Å². The highest BCUT2D eigenvalue weighted by molar-refractivity contribution is 9.10. The minimum atomic E-state index is 0.0763. The molecule has 0 saturated heterocycles. The summed E-state index contributed by atoms with van der Waals surface area (Å²) in [6.45, 7) is 0.0763. The van der Waals surface area contributed by atoms with Crippen molar-refractivity contribution in [2.45, 2.75) is 6.61 Å². The van der Waals surface area contributed by atoms with Crippen molar-refractivity contribution in [3.8, 4) is 0 Å². The van der Waals surface area contributed by atoms with Crippen LogP contribution in [0.3, 0.4) is 0 Å². The van der Waals surface area contributed by atoms with E-state index in [1.165, 1.54) is 0 Å². The van der Waals surface area contributed by atoms with E-state index in [-0.39, 0.29) is 6.61 Å². The summed E-state index contributed by atoms with van der Waals surface area (Å²) in [5, 5.41) is 9.04. The molecule has 0 spiro atoms. The summed E-state index contributed by atoms with van der Waals surface area (Å²) in [4.78, 5) is 1.98. The average Bonchev–Trinajstić information content (AvgIpc) is 2.03. The summed E-state index contributed by atoms with van der Waals surface area (Å²) in [6.07, 6.45) is 0. The maximum Gasteiger partial charge on any atom is 0.0702 e. The predicted octanol–water partition coefficient (Wildman–Crippen LogP) is 2.01. The molecule has 12 heavy (non-hydrogen) atoms. The van der Waals surface area contributed by atoms with E-state index in [9.17, 15) is 0 Å². The Hall–Kier alpha value is -0.540. The van der Waals surface area contributed by atoms with Crippen molar-refractivity contribution >= 4 is 21.6 Å². The first kappa shape index (κ1) is 9.55. The van der Waals surface area contributed by atoms with Crippen molar-refractivity contribution in [1.82, 2.24) is 0 Å². The highest BCUT2D eigenvalue weighted by atomic mass is 79.9. The molecule has 0 saturated carbocycles. The van der Waals surface area contributed by atoms with E-state index in [2.05, 4.69) is 15.9 Å². The fourth-order valence-corrected chi connectivity index (χ4v) is 1.95. The molecule has 1 rings (SSSR count). The van der Waals surface area contributed by atoms with Gasteiger partial charge in [0.05, 0.1) is 12.3 Å². The lowest BCUT2D eigenvalue weighted by Crippen LogP contribution is -2.11. The number of rotatable bonds is 2. The van der Waals surface area contributed by atoms with Crippen molar-refractivity contribution in [2.75, 3.05) is 19.0 Å². The molecular formula is C9H12BrNO. The normalized spacial score (nSPS) is 10.0. The van der Waals surface area contributed by atoms with E-state index in [1.54, 1.807) is 0 Å². The van der Waals surface area contributed by atoms with Gasteiger partial charge >= 0.3 is 0 Å². The average molecular weight is 230 g/mol. The van der Waals surface area contributed by atoms with E-state index in [1.807, 2.05) is 37.2 Å². The molecule has 1 aromatic carbocycles. The molecule has 66 valence electrons. The zero-order valence-corrected chi connectivity index (χ0v) is 8.80. The first-order chi connectivity index (χ1) is 5.66. The Morgan fingerprint density at radius 3 is 2.50 bits per heavy atom. The third-order valence-electron chi connectivity index (χ3n) is 1.69. The standard InChI is InChI=1S/C9H12BrNO/c1-11(2)9-7(6-12)4-3-5-8(9)10/h3-5,12H,6H2,1-2H3. The maximum atomic E-state index is 9.04. The second kappa shape index (κ2) is 3.92. The highest BCUT2D eigenvalue weighted by Gasteiger charge is 2.06. The molecule has 0 aliphatic rings. The number of aliphatic hydroxyl groups is 1. The van der Waals surface area contributed by atoms with Crippen LogP contribution in [0.25, 0.3) is 0 Å². The van der Waals surface area contributed by atoms with Gasteiger partial charge in [0.25, 0.3) is 0 Å². The van der Waals surface area contributed by atoms with Gasteiger partial charge in [-0.3, -0.25) is 0 Å². The first-order valence-electron chi connectivity index (χ1n) is 3.72. The number of benzene rings is 1. The molecule has 0 aromatic heterocycles. The van der Waals surface area contributed by atoms with Crippen LogP contribution in [0.1, 0.15) is 5.56 Å². The van der Waals surface area contributed by atoms with Gasteiger partial charge in [-0.05, 0) is 22.0 Å². The third kappa shape index (κ3) is 1.79. The van der Waals surface area contributed by atoms with E-state index in [4.69, 9.17) is 5.11 Å². The molecule has 3 heteroatoms. The molecule has 0 heterocycles. The molecule has 1 aromatic rings. The molecule has 2 nitrogen and oxygen atoms in total. The van der Waals surface area contributed by atoms with Crippen LogP contribution < -0.4 is 4.90 Å². The number of hydrogen-bond donors (Lipinski definition) is 1. The van der Waals surface area contributed by atoms with E-state index >= 15 is 0 Å². The second-order valence-electron chi connectivity index (χ2n) is 2.80. The lowest BCUT2D eigenvalue weighted by Gasteiger charge is -2.17. The summed E-state index contributed by atoms with van der Waals surface area (Å²) in [5.41, 5.74) is 1.98. The largest absolute Gasteiger partial charge is 0.392 e. The summed E-state index contributed by atoms with van der Waals surface area (Å²) >= 11 is 3.44. The SMILES string of the molecule is CN(C)c1c(Br)cccc1CO. The monoisotopic (exact) mass is 229 g/mol. The third-order valence-corrected chi connectivity index (χ3v) is 2.33. The zero-order valence-electron chi connectivity index (χ0n) is 7.21. The highest BCUT2D eigenvalue weighted by Crippen LogP contribution is 2.28. The summed E-state index contributed by atoms with van der Waals surface area (Å²) in [7, 11) is 3.92. The molecule has 0 fully saturated rings. The van der Waals surface area contributed by atoms with Crippen molar-refractivity contribution in [2.24, 2.45) is 0 Å². The topological polar surface area (TPSA) is 23.5 Å². The fraction of sp³-hybridized carbons (Fsp3) is 0.333. The van der Waals surface area contributed by atoms with Crippen LogP contribution in [-0.2, 0) is 6.61 Å². The van der Waals surface area contributed by atoms with Gasteiger partial charge in [-0.1, -0.05) is 12.1 Å². The van der Waals surface area contributed by atoms with Crippen LogP contribution in [-0.4, -0.2) is 19.2 Å². The van der Waals surface area contributed by atoms with Crippen LogP contribution in [0, 0.1) is 0 Å². The Kier molecular flexibility index (Phi) is 3.12. The van der Waals surface area contributed by atoms with Crippen LogP contribution in [0.2, 0.25) is 0 Å². The Morgan fingerprint density at radius 1 is 1.42 bits per heavy atom. The van der Waals surface area contributed by atoms with Gasteiger partial charge in [-0.15, -0.1) is 0 Å². The Morgan fingerprint density at radius 2 is 2.08 bits per heavy atom. The van der Waals surface area contributed by atoms with Crippen molar-refractivity contribution < 1.29 is 5.11 Å². The zero-order chi connectivity index (χ0) is 9.14. The minimum Gasteiger partial charge on any atom is -0.392 e. The van der Waals surface area contributed by atoms with Gasteiger partial charge in [0, 0.05) is 24.1 Å². The van der Waals surface area contributed by atoms with Gasteiger partial charge in [-0.25, -0.2) is 0 Å². The maximum absolute atomic E-state index is 9.04. The number of hydrogen-bond acceptors (Lipinski definition) is 2. The van der Waals surface area contributed by atoms with E-state index in [0.717, 1.165) is 15.7 Å². The van der Waals surface area contributed by atoms with Crippen molar-refractivity contribution in [3.05, 3.63) is 28.2 Å². The fourth-order valence-electron chi connectivity index (χ4n) is 1.19. The smallest absolute Gasteiger partial charge is 0.0702 e. The van der Waals surface area contributed by atoms with Gasteiger partial charge in [0.2, 0.25) is 0 Å². The molecule has 0 amide bonds. The van der Waals surface area contributed by atoms with Crippen molar-refractivity contribution in [3.63, 3.8) is 0 Å². The summed E-state index contributed by atoms with van der Waals surface area (Å²) in [6, 6.07) is 5.80. The molecule has 0 bridgehead atoms. The van der Waals surface area contributed by atoms with E-state index in [0.29, 0.717) is 0 Å². The molecule has 0 unspecified atom stereocenters. The minimum absolute atomic E-state index is 0.0763. The Balaban J connectivity index is 3.20. The van der Waals surface area contributed by atoms with Gasteiger partial charge in [0.1, 0.15) is 0 Å². The number of halogens is 1. The van der Waals surface area contributed by atoms with Crippen LogP contribution in [0.15, 0.2) is 22.7 Å². The first-order valence-corrected chi connectivity index (χ1v) is 4.51. The van der Waals surface area contributed by atoms with Crippen LogP contribution >= 0.6 is 15.9 Å². The summed E-state index contributed by atoms with van der Waals surface area (Å²) in [5.74, 6) is 0. The lowest BCUT2D eigenvalue weighted by atomic mass is 10.2. The summed E-state index contributed by atoms with van der Waals surface area (Å²) < 4.78 is 1.01. The van der Waals surface area contributed by atoms with Gasteiger partial charge in [0.15, 0.2) is 0 Å². The molecule has 1 N–H and O–H groups in total. The van der Waals surface area contributed by atoms with Crippen molar-refractivity contribution in [1.29, 1.82) is 0 Å².